The van der Waals surface area contributed by atoms with Crippen molar-refractivity contribution in [1.29, 1.82) is 0 Å². The lowest BCUT2D eigenvalue weighted by molar-refractivity contribution is -0.0303. The van der Waals surface area contributed by atoms with Crippen LogP contribution in [0.5, 0.6) is 0 Å². The zero-order chi connectivity index (χ0) is 16.3. The molecule has 0 radical (unpaired) electrons. The van der Waals surface area contributed by atoms with E-state index < -0.39 is 10.2 Å². The van der Waals surface area contributed by atoms with E-state index in [0.717, 1.165) is 32.5 Å². The van der Waals surface area contributed by atoms with Crippen molar-refractivity contribution in [2.24, 2.45) is 5.14 Å². The summed E-state index contributed by atoms with van der Waals surface area (Å²) in [5.41, 5.74) is 0. The molecule has 8 nitrogen and oxygen atoms in total. The first kappa shape index (κ1) is 19.8. The minimum Gasteiger partial charge on any atom is -0.378 e. The van der Waals surface area contributed by atoms with Crippen LogP contribution in [-0.2, 0) is 24.4 Å². The van der Waals surface area contributed by atoms with E-state index >= 15 is 0 Å². The number of rotatable bonds is 12. The first-order valence-corrected chi connectivity index (χ1v) is 9.32. The monoisotopic (exact) mass is 339 g/mol. The van der Waals surface area contributed by atoms with Gasteiger partial charge in [-0.25, -0.2) is 9.86 Å². The van der Waals surface area contributed by atoms with Crippen LogP contribution < -0.4 is 9.86 Å². The topological polar surface area (TPSA) is 103 Å². The Morgan fingerprint density at radius 2 is 1.68 bits per heavy atom. The molecule has 1 rings (SSSR count). The number of nitrogens with two attached hydrogens (primary N) is 1. The Bertz CT molecular complexity index is 372. The van der Waals surface area contributed by atoms with Crippen molar-refractivity contribution in [2.75, 3.05) is 59.2 Å². The summed E-state index contributed by atoms with van der Waals surface area (Å²) in [5.74, 6) is 0. The van der Waals surface area contributed by atoms with Crippen LogP contribution in [0.4, 0.5) is 0 Å². The van der Waals surface area contributed by atoms with Crippen LogP contribution >= 0.6 is 0 Å². The van der Waals surface area contributed by atoms with Crippen LogP contribution in [0, 0.1) is 0 Å². The molecule has 0 aromatic rings. The highest BCUT2D eigenvalue weighted by molar-refractivity contribution is 7.87. The third-order valence-electron chi connectivity index (χ3n) is 3.48. The highest BCUT2D eigenvalue weighted by atomic mass is 32.2. The first-order valence-electron chi connectivity index (χ1n) is 7.78. The quantitative estimate of drug-likeness (QED) is 0.456. The van der Waals surface area contributed by atoms with Gasteiger partial charge in [-0.15, -0.1) is 0 Å². The third-order valence-corrected chi connectivity index (χ3v) is 4.09. The molecule has 1 aliphatic rings. The molecule has 1 saturated heterocycles. The average Bonchev–Trinajstić information content (AvgIpc) is 2.48. The Kier molecular flexibility index (Phi) is 10.1. The number of likely N-dealkylation sites (tertiary alicyclic amines) is 1. The summed E-state index contributed by atoms with van der Waals surface area (Å²) < 4.78 is 39.6. The average molecular weight is 339 g/mol. The van der Waals surface area contributed by atoms with Gasteiger partial charge in [0.05, 0.1) is 39.1 Å². The van der Waals surface area contributed by atoms with Gasteiger partial charge in [-0.1, -0.05) is 6.92 Å². The smallest absolute Gasteiger partial charge is 0.274 e. The molecule has 0 saturated carbocycles. The molecule has 0 unspecified atom stereocenters. The van der Waals surface area contributed by atoms with Gasteiger partial charge in [0.15, 0.2) is 0 Å². The molecule has 3 N–H and O–H groups in total. The number of hydrogen-bond donors (Lipinski definition) is 2. The Balaban J connectivity index is 1.82. The first-order chi connectivity index (χ1) is 10.5. The fourth-order valence-corrected chi connectivity index (χ4v) is 2.61. The Hall–Kier alpha value is -0.290. The molecular weight excluding hydrogens is 310 g/mol. The van der Waals surface area contributed by atoms with Gasteiger partial charge in [0.1, 0.15) is 0 Å². The summed E-state index contributed by atoms with van der Waals surface area (Å²) in [4.78, 5) is 2.43. The zero-order valence-electron chi connectivity index (χ0n) is 13.3. The maximum atomic E-state index is 10.6. The van der Waals surface area contributed by atoms with Crippen molar-refractivity contribution in [3.05, 3.63) is 0 Å². The second-order valence-electron chi connectivity index (χ2n) is 5.17. The van der Waals surface area contributed by atoms with E-state index in [2.05, 4.69) is 16.5 Å². The van der Waals surface area contributed by atoms with Gasteiger partial charge in [-0.3, -0.25) is 0 Å². The molecular formula is C13H29N3O5S. The molecule has 9 heteroatoms. The number of ether oxygens (including phenoxy) is 3. The lowest BCUT2D eigenvalue weighted by atomic mass is 10.1. The standard InChI is InChI=1S/C13H29N3O5S/c1-2-16-6-3-13(4-7-16)21-12-11-20-10-9-19-8-5-15-22(14,17)18/h13,15H,2-12H2,1H3,(H2,14,17,18). The van der Waals surface area contributed by atoms with Crippen molar-refractivity contribution < 1.29 is 22.6 Å². The van der Waals surface area contributed by atoms with Crippen LogP contribution in [0.3, 0.4) is 0 Å². The van der Waals surface area contributed by atoms with E-state index in [1.807, 2.05) is 0 Å². The van der Waals surface area contributed by atoms with Crippen LogP contribution in [0.15, 0.2) is 0 Å². The van der Waals surface area contributed by atoms with E-state index in [4.69, 9.17) is 19.3 Å². The Morgan fingerprint density at radius 1 is 1.09 bits per heavy atom. The molecule has 1 heterocycles. The number of nitrogens with one attached hydrogen (secondary N) is 1. The number of nitrogens with zero attached hydrogens (tertiary/aromatic N) is 1. The molecule has 0 aromatic carbocycles. The van der Waals surface area contributed by atoms with Crippen LogP contribution in [0.2, 0.25) is 0 Å². The summed E-state index contributed by atoms with van der Waals surface area (Å²) >= 11 is 0. The van der Waals surface area contributed by atoms with Gasteiger partial charge < -0.3 is 19.1 Å². The predicted molar refractivity (Wildman–Crippen MR) is 83.8 cm³/mol. The molecule has 132 valence electrons. The largest absolute Gasteiger partial charge is 0.378 e. The van der Waals surface area contributed by atoms with Crippen molar-refractivity contribution in [1.82, 2.24) is 9.62 Å². The summed E-state index contributed by atoms with van der Waals surface area (Å²) in [6, 6.07) is 0. The molecule has 0 aromatic heterocycles. The third kappa shape index (κ3) is 10.4. The Labute approximate surface area is 133 Å². The SMILES string of the molecule is CCN1CCC(OCCOCCOCCNS(N)(=O)=O)CC1. The van der Waals surface area contributed by atoms with Crippen LogP contribution in [0.25, 0.3) is 0 Å². The molecule has 1 fully saturated rings. The van der Waals surface area contributed by atoms with E-state index in [1.165, 1.54) is 0 Å². The second-order valence-corrected chi connectivity index (χ2v) is 6.55. The lowest BCUT2D eigenvalue weighted by Gasteiger charge is -2.30. The molecule has 22 heavy (non-hydrogen) atoms. The van der Waals surface area contributed by atoms with Crippen molar-refractivity contribution >= 4 is 10.2 Å². The van der Waals surface area contributed by atoms with E-state index in [-0.39, 0.29) is 13.2 Å². The summed E-state index contributed by atoms with van der Waals surface area (Å²) in [6.45, 7) is 7.99. The summed E-state index contributed by atoms with van der Waals surface area (Å²) in [6.07, 6.45) is 2.54. The van der Waals surface area contributed by atoms with Crippen LogP contribution in [0.1, 0.15) is 19.8 Å². The van der Waals surface area contributed by atoms with Gasteiger partial charge in [-0.05, 0) is 19.4 Å². The minimum atomic E-state index is -3.63. The van der Waals surface area contributed by atoms with E-state index in [1.54, 1.807) is 0 Å². The molecule has 0 aliphatic carbocycles. The van der Waals surface area contributed by atoms with Crippen molar-refractivity contribution in [3.63, 3.8) is 0 Å². The lowest BCUT2D eigenvalue weighted by Crippen LogP contribution is -2.37. The fraction of sp³-hybridized carbons (Fsp3) is 1.00. The van der Waals surface area contributed by atoms with E-state index in [9.17, 15) is 8.42 Å². The predicted octanol–water partition coefficient (Wildman–Crippen LogP) is -0.686. The molecule has 0 atom stereocenters. The number of hydrogen-bond acceptors (Lipinski definition) is 6. The minimum absolute atomic E-state index is 0.165. The van der Waals surface area contributed by atoms with Gasteiger partial charge in [0, 0.05) is 19.6 Å². The van der Waals surface area contributed by atoms with Gasteiger partial charge >= 0.3 is 0 Å². The van der Waals surface area contributed by atoms with Crippen molar-refractivity contribution in [3.8, 4) is 0 Å². The molecule has 0 spiro atoms. The van der Waals surface area contributed by atoms with Gasteiger partial charge in [-0.2, -0.15) is 8.42 Å². The van der Waals surface area contributed by atoms with Gasteiger partial charge in [0.25, 0.3) is 10.2 Å². The summed E-state index contributed by atoms with van der Waals surface area (Å²) in [7, 11) is -3.63. The molecule has 1 aliphatic heterocycles. The fourth-order valence-electron chi connectivity index (χ4n) is 2.24. The maximum Gasteiger partial charge on any atom is 0.274 e. The molecule has 0 bridgehead atoms. The highest BCUT2D eigenvalue weighted by Gasteiger charge is 2.17. The van der Waals surface area contributed by atoms with E-state index in [0.29, 0.717) is 32.5 Å². The zero-order valence-corrected chi connectivity index (χ0v) is 14.1. The van der Waals surface area contributed by atoms with Crippen LogP contribution in [-0.4, -0.2) is 78.6 Å². The number of piperidine rings is 1. The normalized spacial score (nSPS) is 17.9. The van der Waals surface area contributed by atoms with Crippen molar-refractivity contribution in [2.45, 2.75) is 25.9 Å². The Morgan fingerprint density at radius 3 is 2.27 bits per heavy atom. The second kappa shape index (κ2) is 11.3. The summed E-state index contributed by atoms with van der Waals surface area (Å²) in [5, 5.41) is 4.77. The maximum absolute atomic E-state index is 10.6. The highest BCUT2D eigenvalue weighted by Crippen LogP contribution is 2.12. The molecule has 0 amide bonds. The van der Waals surface area contributed by atoms with Gasteiger partial charge in [0.2, 0.25) is 0 Å².